The Labute approximate surface area is 134 Å². The van der Waals surface area contributed by atoms with Crippen molar-refractivity contribution in [1.82, 2.24) is 4.31 Å². The van der Waals surface area contributed by atoms with E-state index in [2.05, 4.69) is 0 Å². The van der Waals surface area contributed by atoms with Gasteiger partial charge in [0.25, 0.3) is 0 Å². The quantitative estimate of drug-likeness (QED) is 0.901. The highest BCUT2D eigenvalue weighted by Gasteiger charge is 2.31. The van der Waals surface area contributed by atoms with Gasteiger partial charge >= 0.3 is 0 Å². The first kappa shape index (κ1) is 17.0. The largest absolute Gasteiger partial charge is 0.392 e. The topological polar surface area (TPSA) is 66.8 Å². The van der Waals surface area contributed by atoms with E-state index in [1.165, 1.54) is 23.5 Å². The average molecular weight is 354 g/mol. The molecule has 0 unspecified atom stereocenters. The Hall–Kier alpha value is -0.370. The van der Waals surface area contributed by atoms with E-state index in [1.807, 2.05) is 0 Å². The predicted octanol–water partition coefficient (Wildman–Crippen LogP) is 2.29. The lowest BCUT2D eigenvalue weighted by Crippen LogP contribution is -2.40. The van der Waals surface area contributed by atoms with Gasteiger partial charge in [0, 0.05) is 31.3 Å². The van der Waals surface area contributed by atoms with E-state index in [-0.39, 0.29) is 27.6 Å². The summed E-state index contributed by atoms with van der Waals surface area (Å²) in [5.41, 5.74) is 0.333. The van der Waals surface area contributed by atoms with E-state index < -0.39 is 10.0 Å². The normalized spacial score (nSPS) is 17.4. The number of hydrogen-bond donors (Lipinski definition) is 1. The van der Waals surface area contributed by atoms with Crippen LogP contribution in [0.4, 0.5) is 0 Å². The molecule has 0 saturated carbocycles. The van der Waals surface area contributed by atoms with E-state index >= 15 is 0 Å². The van der Waals surface area contributed by atoms with Gasteiger partial charge in [-0.3, -0.25) is 0 Å². The van der Waals surface area contributed by atoms with Gasteiger partial charge in [0.05, 0.1) is 11.6 Å². The highest BCUT2D eigenvalue weighted by atomic mass is 35.5. The van der Waals surface area contributed by atoms with Crippen molar-refractivity contribution in [2.45, 2.75) is 30.4 Å². The number of ether oxygens (including phenoxy) is 1. The molecule has 1 aliphatic rings. The third kappa shape index (κ3) is 3.52. The zero-order valence-electron chi connectivity index (χ0n) is 11.6. The van der Waals surface area contributed by atoms with Crippen LogP contribution in [0.25, 0.3) is 0 Å². The van der Waals surface area contributed by atoms with Crippen LogP contribution in [0, 0.1) is 0 Å². The maximum Gasteiger partial charge on any atom is 0.244 e. The first-order chi connectivity index (χ1) is 9.87. The number of hydrogen-bond acceptors (Lipinski definition) is 4. The van der Waals surface area contributed by atoms with Crippen molar-refractivity contribution in [3.8, 4) is 0 Å². The van der Waals surface area contributed by atoms with Crippen LogP contribution in [0.15, 0.2) is 17.0 Å². The number of rotatable bonds is 4. The van der Waals surface area contributed by atoms with Gasteiger partial charge in [-0.1, -0.05) is 23.2 Å². The first-order valence-electron chi connectivity index (χ1n) is 6.52. The molecule has 1 fully saturated rings. The predicted molar refractivity (Wildman–Crippen MR) is 81.2 cm³/mol. The molecule has 118 valence electrons. The van der Waals surface area contributed by atoms with Crippen molar-refractivity contribution in [2.75, 3.05) is 20.3 Å². The van der Waals surface area contributed by atoms with E-state index in [0.717, 1.165) is 0 Å². The first-order valence-corrected chi connectivity index (χ1v) is 8.72. The summed E-state index contributed by atoms with van der Waals surface area (Å²) in [5, 5.41) is 9.53. The zero-order chi connectivity index (χ0) is 15.6. The van der Waals surface area contributed by atoms with Crippen LogP contribution in [0.5, 0.6) is 0 Å². The molecule has 8 heteroatoms. The van der Waals surface area contributed by atoms with Crippen LogP contribution in [0.1, 0.15) is 18.4 Å². The fourth-order valence-electron chi connectivity index (χ4n) is 2.29. The van der Waals surface area contributed by atoms with Crippen molar-refractivity contribution >= 4 is 33.2 Å². The summed E-state index contributed by atoms with van der Waals surface area (Å²) >= 11 is 11.9. The molecule has 0 aromatic heterocycles. The number of aliphatic hydroxyl groups is 1. The second-order valence-corrected chi connectivity index (χ2v) is 7.68. The number of sulfonamides is 1. The fourth-order valence-corrected chi connectivity index (χ4v) is 4.54. The molecule has 0 radical (unpaired) electrons. The van der Waals surface area contributed by atoms with Crippen molar-refractivity contribution in [3.05, 3.63) is 27.7 Å². The minimum Gasteiger partial charge on any atom is -0.392 e. The molecule has 0 amide bonds. The molecule has 0 aliphatic carbocycles. The van der Waals surface area contributed by atoms with Gasteiger partial charge in [-0.05, 0) is 30.5 Å². The Balaban J connectivity index is 2.38. The van der Waals surface area contributed by atoms with Crippen LogP contribution < -0.4 is 0 Å². The summed E-state index contributed by atoms with van der Waals surface area (Å²) in [4.78, 5) is -0.0355. The molecule has 1 aromatic rings. The molecule has 21 heavy (non-hydrogen) atoms. The summed E-state index contributed by atoms with van der Waals surface area (Å²) in [6.45, 7) is 0.737. The van der Waals surface area contributed by atoms with E-state index in [4.69, 9.17) is 27.9 Å². The van der Waals surface area contributed by atoms with Gasteiger partial charge in [0.2, 0.25) is 10.0 Å². The summed E-state index contributed by atoms with van der Waals surface area (Å²) in [5.74, 6) is 0. The van der Waals surface area contributed by atoms with Crippen molar-refractivity contribution in [3.63, 3.8) is 0 Å². The number of aliphatic hydroxyl groups excluding tert-OH is 1. The Morgan fingerprint density at radius 2 is 1.90 bits per heavy atom. The molecular formula is C13H17Cl2NO4S. The lowest BCUT2D eigenvalue weighted by molar-refractivity contribution is 0.0632. The lowest BCUT2D eigenvalue weighted by atomic mass is 10.1. The van der Waals surface area contributed by atoms with Crippen molar-refractivity contribution < 1.29 is 18.3 Å². The molecular weight excluding hydrogens is 337 g/mol. The Bertz CT molecular complexity index is 615. The Morgan fingerprint density at radius 3 is 2.48 bits per heavy atom. The van der Waals surface area contributed by atoms with Gasteiger partial charge in [-0.15, -0.1) is 0 Å². The standard InChI is InChI=1S/C13H17Cl2NO4S/c1-16(10-2-4-20-5-3-10)21(18,19)13-6-9(8-17)11(14)7-12(13)15/h6-7,10,17H,2-5,8H2,1H3. The summed E-state index contributed by atoms with van der Waals surface area (Å²) in [6.07, 6.45) is 1.29. The SMILES string of the molecule is CN(C1CCOCC1)S(=O)(=O)c1cc(CO)c(Cl)cc1Cl. The molecule has 0 bridgehead atoms. The summed E-state index contributed by atoms with van der Waals surface area (Å²) in [6, 6.07) is 2.56. The minimum atomic E-state index is -3.74. The molecule has 1 heterocycles. The maximum atomic E-state index is 12.7. The van der Waals surface area contributed by atoms with Gasteiger partial charge in [0.15, 0.2) is 0 Å². The third-order valence-corrected chi connectivity index (χ3v) is 6.36. The summed E-state index contributed by atoms with van der Waals surface area (Å²) < 4.78 is 32.0. The molecule has 1 N–H and O–H groups in total. The highest BCUT2D eigenvalue weighted by Crippen LogP contribution is 2.32. The molecule has 0 spiro atoms. The van der Waals surface area contributed by atoms with E-state index in [9.17, 15) is 13.5 Å². The van der Waals surface area contributed by atoms with Crippen LogP contribution in [-0.4, -0.2) is 44.1 Å². The molecule has 2 rings (SSSR count). The van der Waals surface area contributed by atoms with Gasteiger partial charge in [-0.2, -0.15) is 4.31 Å². The minimum absolute atomic E-state index is 0.0355. The van der Waals surface area contributed by atoms with Crippen LogP contribution in [-0.2, 0) is 21.4 Å². The number of nitrogens with zero attached hydrogens (tertiary/aromatic N) is 1. The molecule has 1 saturated heterocycles. The van der Waals surface area contributed by atoms with Gasteiger partial charge in [0.1, 0.15) is 4.90 Å². The zero-order valence-corrected chi connectivity index (χ0v) is 13.9. The molecule has 1 aliphatic heterocycles. The molecule has 5 nitrogen and oxygen atoms in total. The second kappa shape index (κ2) is 6.81. The fraction of sp³-hybridized carbons (Fsp3) is 0.538. The molecule has 0 atom stereocenters. The smallest absolute Gasteiger partial charge is 0.244 e. The lowest BCUT2D eigenvalue weighted by Gasteiger charge is -2.30. The maximum absolute atomic E-state index is 12.7. The second-order valence-electron chi connectivity index (χ2n) is 4.90. The monoisotopic (exact) mass is 353 g/mol. The van der Waals surface area contributed by atoms with Crippen LogP contribution in [0.3, 0.4) is 0 Å². The average Bonchev–Trinajstić information content (AvgIpc) is 2.47. The van der Waals surface area contributed by atoms with Gasteiger partial charge in [-0.25, -0.2) is 8.42 Å². The highest BCUT2D eigenvalue weighted by molar-refractivity contribution is 7.89. The van der Waals surface area contributed by atoms with E-state index in [0.29, 0.717) is 31.6 Å². The number of benzene rings is 1. The summed E-state index contributed by atoms with van der Waals surface area (Å²) in [7, 11) is -2.21. The van der Waals surface area contributed by atoms with Crippen LogP contribution >= 0.6 is 23.2 Å². The van der Waals surface area contributed by atoms with Gasteiger partial charge < -0.3 is 9.84 Å². The van der Waals surface area contributed by atoms with E-state index in [1.54, 1.807) is 0 Å². The Kier molecular flexibility index (Phi) is 5.51. The number of halogens is 2. The Morgan fingerprint density at radius 1 is 1.29 bits per heavy atom. The molecule has 1 aromatic carbocycles. The van der Waals surface area contributed by atoms with Crippen molar-refractivity contribution in [1.29, 1.82) is 0 Å². The van der Waals surface area contributed by atoms with Crippen LogP contribution in [0.2, 0.25) is 10.0 Å². The third-order valence-electron chi connectivity index (χ3n) is 3.63. The van der Waals surface area contributed by atoms with Crippen molar-refractivity contribution in [2.24, 2.45) is 0 Å².